The van der Waals surface area contributed by atoms with Crippen LogP contribution in [0, 0.1) is 12.7 Å². The van der Waals surface area contributed by atoms with Crippen LogP contribution in [0.5, 0.6) is 0 Å². The molecule has 0 spiro atoms. The van der Waals surface area contributed by atoms with Crippen molar-refractivity contribution in [2.75, 3.05) is 0 Å². The second-order valence-electron chi connectivity index (χ2n) is 4.44. The Morgan fingerprint density at radius 3 is 2.86 bits per heavy atom. The van der Waals surface area contributed by atoms with Gasteiger partial charge in [0.05, 0.1) is 5.69 Å². The molecule has 1 aromatic carbocycles. The largest absolute Gasteiger partial charge is 0.235 e. The molecule has 6 nitrogen and oxygen atoms in total. The van der Waals surface area contributed by atoms with E-state index in [9.17, 15) is 4.39 Å². The van der Waals surface area contributed by atoms with Crippen LogP contribution < -0.4 is 0 Å². The monoisotopic (exact) mass is 396 g/mol. The number of benzene rings is 1. The van der Waals surface area contributed by atoms with E-state index in [4.69, 9.17) is 0 Å². The quantitative estimate of drug-likeness (QED) is 0.517. The first-order valence-corrected chi connectivity index (χ1v) is 8.49. The van der Waals surface area contributed by atoms with Crippen LogP contribution >= 0.6 is 38.8 Å². The molecule has 22 heavy (non-hydrogen) atoms. The molecule has 0 aliphatic carbocycles. The molecular formula is C12H6BrFN6S2. The Balaban J connectivity index is 1.91. The predicted molar refractivity (Wildman–Crippen MR) is 85.4 cm³/mol. The third-order valence-corrected chi connectivity index (χ3v) is 5.25. The minimum atomic E-state index is -0.328. The lowest BCUT2D eigenvalue weighted by Crippen LogP contribution is -1.92. The zero-order valence-electron chi connectivity index (χ0n) is 11.0. The van der Waals surface area contributed by atoms with Crippen molar-refractivity contribution >= 4 is 43.8 Å². The Morgan fingerprint density at radius 1 is 1.23 bits per heavy atom. The van der Waals surface area contributed by atoms with Crippen molar-refractivity contribution in [2.24, 2.45) is 0 Å². The molecule has 0 aliphatic rings. The second-order valence-corrected chi connectivity index (χ2v) is 7.06. The second kappa shape index (κ2) is 5.14. The molecule has 10 heteroatoms. The van der Waals surface area contributed by atoms with Gasteiger partial charge in [0.2, 0.25) is 4.96 Å². The molecule has 0 radical (unpaired) electrons. The standard InChI is InChI=1S/C12H6BrFN6S2/c1-5-9(22-19-15-5)10-16-17-12-20(10)18-11(21-12)7-4-6(13)2-3-8(7)14/h2-4H,1H3. The number of halogens is 2. The Morgan fingerprint density at radius 2 is 2.09 bits per heavy atom. The first kappa shape index (κ1) is 13.9. The van der Waals surface area contributed by atoms with Gasteiger partial charge in [0, 0.05) is 10.0 Å². The van der Waals surface area contributed by atoms with Crippen LogP contribution in [0.15, 0.2) is 22.7 Å². The Labute approximate surface area is 139 Å². The molecule has 0 aliphatic heterocycles. The molecule has 0 atom stereocenters. The van der Waals surface area contributed by atoms with E-state index in [1.165, 1.54) is 28.9 Å². The van der Waals surface area contributed by atoms with Crippen LogP contribution in [0.25, 0.3) is 26.2 Å². The van der Waals surface area contributed by atoms with Crippen LogP contribution in [0.1, 0.15) is 5.69 Å². The summed E-state index contributed by atoms with van der Waals surface area (Å²) in [7, 11) is 0. The SMILES string of the molecule is Cc1nnsc1-c1nnc2sc(-c3cc(Br)ccc3F)nn12. The highest BCUT2D eigenvalue weighted by Gasteiger charge is 2.19. The number of rotatable bonds is 2. The first-order valence-electron chi connectivity index (χ1n) is 6.10. The summed E-state index contributed by atoms with van der Waals surface area (Å²) in [4.78, 5) is 1.40. The van der Waals surface area contributed by atoms with Crippen molar-refractivity contribution in [1.29, 1.82) is 0 Å². The molecule has 110 valence electrons. The van der Waals surface area contributed by atoms with E-state index >= 15 is 0 Å². The van der Waals surface area contributed by atoms with Gasteiger partial charge in [-0.05, 0) is 36.7 Å². The van der Waals surface area contributed by atoms with Crippen LogP contribution in [0.3, 0.4) is 0 Å². The van der Waals surface area contributed by atoms with Crippen molar-refractivity contribution in [3.05, 3.63) is 34.2 Å². The van der Waals surface area contributed by atoms with Crippen LogP contribution in [-0.2, 0) is 0 Å². The molecule has 0 N–H and O–H groups in total. The lowest BCUT2D eigenvalue weighted by molar-refractivity contribution is 0.630. The van der Waals surface area contributed by atoms with Gasteiger partial charge in [0.25, 0.3) is 0 Å². The van der Waals surface area contributed by atoms with Crippen molar-refractivity contribution in [3.8, 4) is 21.3 Å². The molecular weight excluding hydrogens is 391 g/mol. The smallest absolute Gasteiger partial charge is 0.206 e. The van der Waals surface area contributed by atoms with Crippen molar-refractivity contribution < 1.29 is 4.39 Å². The van der Waals surface area contributed by atoms with Crippen LogP contribution in [-0.4, -0.2) is 29.4 Å². The Bertz CT molecular complexity index is 991. The van der Waals surface area contributed by atoms with E-state index in [1.54, 1.807) is 16.6 Å². The summed E-state index contributed by atoms with van der Waals surface area (Å²) >= 11 is 5.85. The van der Waals surface area contributed by atoms with Crippen LogP contribution in [0.4, 0.5) is 4.39 Å². The maximum absolute atomic E-state index is 14.0. The van der Waals surface area contributed by atoms with Crippen molar-refractivity contribution in [3.63, 3.8) is 0 Å². The number of hydrogen-bond donors (Lipinski definition) is 0. The summed E-state index contributed by atoms with van der Waals surface area (Å²) < 4.78 is 20.3. The summed E-state index contributed by atoms with van der Waals surface area (Å²) in [6.45, 7) is 1.85. The fraction of sp³-hybridized carbons (Fsp3) is 0.0833. The normalized spacial score (nSPS) is 11.4. The molecule has 0 amide bonds. The highest BCUT2D eigenvalue weighted by Crippen LogP contribution is 2.32. The Kier molecular flexibility index (Phi) is 3.24. The van der Waals surface area contributed by atoms with Gasteiger partial charge in [-0.1, -0.05) is 31.8 Å². The summed E-state index contributed by atoms with van der Waals surface area (Å²) in [6.07, 6.45) is 0. The lowest BCUT2D eigenvalue weighted by Gasteiger charge is -1.99. The van der Waals surface area contributed by atoms with E-state index in [1.807, 2.05) is 6.92 Å². The third-order valence-electron chi connectivity index (χ3n) is 3.00. The summed E-state index contributed by atoms with van der Waals surface area (Å²) in [5.74, 6) is 0.241. The molecule has 0 unspecified atom stereocenters. The van der Waals surface area contributed by atoms with E-state index in [-0.39, 0.29) is 5.82 Å². The van der Waals surface area contributed by atoms with Crippen molar-refractivity contribution in [1.82, 2.24) is 29.4 Å². The summed E-state index contributed by atoms with van der Waals surface area (Å²) in [5, 5.41) is 17.2. The summed E-state index contributed by atoms with van der Waals surface area (Å²) in [5.41, 5.74) is 1.19. The molecule has 4 rings (SSSR count). The van der Waals surface area contributed by atoms with E-state index in [2.05, 4.69) is 40.8 Å². The number of hydrogen-bond acceptors (Lipinski definition) is 7. The van der Waals surface area contributed by atoms with E-state index in [0.717, 1.165) is 15.0 Å². The molecule has 0 saturated carbocycles. The summed E-state index contributed by atoms with van der Waals surface area (Å²) in [6, 6.07) is 4.75. The Hall–Kier alpha value is -1.78. The molecule has 0 fully saturated rings. The lowest BCUT2D eigenvalue weighted by atomic mass is 10.2. The average molecular weight is 397 g/mol. The predicted octanol–water partition coefficient (Wildman–Crippen LogP) is 3.58. The van der Waals surface area contributed by atoms with E-state index in [0.29, 0.717) is 21.4 Å². The fourth-order valence-corrected chi connectivity index (χ4v) is 3.81. The van der Waals surface area contributed by atoms with E-state index < -0.39 is 0 Å². The van der Waals surface area contributed by atoms with Gasteiger partial charge in [-0.2, -0.15) is 9.61 Å². The first-order chi connectivity index (χ1) is 10.6. The van der Waals surface area contributed by atoms with Gasteiger partial charge < -0.3 is 0 Å². The number of aromatic nitrogens is 6. The molecule has 4 aromatic rings. The molecule has 0 saturated heterocycles. The minimum absolute atomic E-state index is 0.328. The minimum Gasteiger partial charge on any atom is -0.206 e. The number of nitrogens with zero attached hydrogens (tertiary/aromatic N) is 6. The third kappa shape index (κ3) is 2.14. The van der Waals surface area contributed by atoms with Gasteiger partial charge >= 0.3 is 0 Å². The maximum atomic E-state index is 14.0. The molecule has 3 heterocycles. The zero-order chi connectivity index (χ0) is 15.3. The fourth-order valence-electron chi connectivity index (χ4n) is 1.97. The van der Waals surface area contributed by atoms with Gasteiger partial charge in [0.1, 0.15) is 10.7 Å². The highest BCUT2D eigenvalue weighted by molar-refractivity contribution is 9.10. The van der Waals surface area contributed by atoms with Gasteiger partial charge in [-0.3, -0.25) is 0 Å². The average Bonchev–Trinajstić information content (AvgIpc) is 3.16. The van der Waals surface area contributed by atoms with Crippen LogP contribution in [0.2, 0.25) is 0 Å². The molecule has 3 aromatic heterocycles. The number of aryl methyl sites for hydroxylation is 1. The van der Waals surface area contributed by atoms with Gasteiger partial charge in [-0.25, -0.2) is 4.39 Å². The number of fused-ring (bicyclic) bond motifs is 1. The maximum Gasteiger partial charge on any atom is 0.235 e. The zero-order valence-corrected chi connectivity index (χ0v) is 14.2. The topological polar surface area (TPSA) is 68.9 Å². The highest BCUT2D eigenvalue weighted by atomic mass is 79.9. The van der Waals surface area contributed by atoms with Crippen molar-refractivity contribution in [2.45, 2.75) is 6.92 Å². The molecule has 0 bridgehead atoms. The van der Waals surface area contributed by atoms with Gasteiger partial charge in [0.15, 0.2) is 10.8 Å². The van der Waals surface area contributed by atoms with Gasteiger partial charge in [-0.15, -0.1) is 15.3 Å².